The highest BCUT2D eigenvalue weighted by Gasteiger charge is 2.09. The molecule has 2 aromatic rings. The fraction of sp³-hybridized carbons (Fsp3) is 0.545. The van der Waals surface area contributed by atoms with Crippen LogP contribution < -0.4 is 5.56 Å². The molecule has 0 aliphatic heterocycles. The summed E-state index contributed by atoms with van der Waals surface area (Å²) in [7, 11) is 0. The van der Waals surface area contributed by atoms with Gasteiger partial charge in [0.2, 0.25) is 4.96 Å². The zero-order valence-electron chi connectivity index (χ0n) is 10.2. The first kappa shape index (κ1) is 13.1. The molecule has 0 radical (unpaired) electrons. The lowest BCUT2D eigenvalue weighted by Crippen LogP contribution is -2.28. The van der Waals surface area contributed by atoms with E-state index in [4.69, 9.17) is 5.11 Å². The van der Waals surface area contributed by atoms with Crippen molar-refractivity contribution >= 4 is 16.3 Å². The molecule has 0 amide bonds. The van der Waals surface area contributed by atoms with Crippen LogP contribution in [0, 0.1) is 0 Å². The SMILES string of the molecule is CCCN(CCO)Cc1cc(=O)n2ncsc2n1. The van der Waals surface area contributed by atoms with E-state index in [1.54, 1.807) is 5.51 Å². The van der Waals surface area contributed by atoms with Crippen LogP contribution in [-0.2, 0) is 6.54 Å². The Morgan fingerprint density at radius 3 is 3.06 bits per heavy atom. The second kappa shape index (κ2) is 6.03. The maximum absolute atomic E-state index is 11.8. The highest BCUT2D eigenvalue weighted by atomic mass is 32.1. The Balaban J connectivity index is 2.21. The van der Waals surface area contributed by atoms with E-state index >= 15 is 0 Å². The molecule has 0 bridgehead atoms. The number of rotatable bonds is 6. The molecule has 2 aromatic heterocycles. The van der Waals surface area contributed by atoms with Gasteiger partial charge >= 0.3 is 0 Å². The molecular weight excluding hydrogens is 252 g/mol. The van der Waals surface area contributed by atoms with Gasteiger partial charge in [0.25, 0.3) is 5.56 Å². The van der Waals surface area contributed by atoms with E-state index in [1.165, 1.54) is 21.9 Å². The van der Waals surface area contributed by atoms with Crippen LogP contribution in [0.1, 0.15) is 19.0 Å². The Kier molecular flexibility index (Phi) is 4.40. The second-order valence-corrected chi connectivity index (χ2v) is 4.83. The molecule has 7 heteroatoms. The number of hydrogen-bond donors (Lipinski definition) is 1. The molecule has 0 spiro atoms. The smallest absolute Gasteiger partial charge is 0.275 e. The van der Waals surface area contributed by atoms with Crippen LogP contribution in [0.3, 0.4) is 0 Å². The Labute approximate surface area is 109 Å². The van der Waals surface area contributed by atoms with Gasteiger partial charge in [-0.25, -0.2) is 4.98 Å². The van der Waals surface area contributed by atoms with Gasteiger partial charge in [0, 0.05) is 19.2 Å². The maximum atomic E-state index is 11.8. The molecule has 0 saturated carbocycles. The molecule has 18 heavy (non-hydrogen) atoms. The van der Waals surface area contributed by atoms with Gasteiger partial charge in [0.05, 0.1) is 12.3 Å². The summed E-state index contributed by atoms with van der Waals surface area (Å²) < 4.78 is 1.30. The molecule has 6 nitrogen and oxygen atoms in total. The average Bonchev–Trinajstić information content (AvgIpc) is 2.78. The van der Waals surface area contributed by atoms with Crippen LogP contribution in [-0.4, -0.2) is 44.3 Å². The minimum atomic E-state index is -0.156. The fourth-order valence-corrected chi connectivity index (χ4v) is 2.48. The predicted octanol–water partition coefficient (Wildman–Crippen LogP) is 0.355. The largest absolute Gasteiger partial charge is 0.395 e. The first-order valence-corrected chi connectivity index (χ1v) is 6.78. The minimum absolute atomic E-state index is 0.113. The average molecular weight is 268 g/mol. The molecular formula is C11H16N4O2S. The minimum Gasteiger partial charge on any atom is -0.395 e. The van der Waals surface area contributed by atoms with Gasteiger partial charge in [-0.05, 0) is 13.0 Å². The number of fused-ring (bicyclic) bond motifs is 1. The van der Waals surface area contributed by atoms with Crippen molar-refractivity contribution in [1.82, 2.24) is 19.5 Å². The monoisotopic (exact) mass is 268 g/mol. The van der Waals surface area contributed by atoms with Crippen LogP contribution in [0.4, 0.5) is 0 Å². The molecule has 0 atom stereocenters. The molecule has 0 aliphatic carbocycles. The predicted molar refractivity (Wildman–Crippen MR) is 69.8 cm³/mol. The number of aromatic nitrogens is 3. The standard InChI is InChI=1S/C11H16N4O2S/c1-2-3-14(4-5-16)7-9-6-10(17)15-11(13-9)18-8-12-15/h6,8,16H,2-5,7H2,1H3. The van der Waals surface area contributed by atoms with Crippen LogP contribution in [0.5, 0.6) is 0 Å². The van der Waals surface area contributed by atoms with Gasteiger partial charge in [-0.3, -0.25) is 9.69 Å². The van der Waals surface area contributed by atoms with Crippen molar-refractivity contribution in [1.29, 1.82) is 0 Å². The number of aliphatic hydroxyl groups is 1. The number of nitrogens with zero attached hydrogens (tertiary/aromatic N) is 4. The van der Waals surface area contributed by atoms with Crippen LogP contribution in [0.2, 0.25) is 0 Å². The lowest BCUT2D eigenvalue weighted by atomic mass is 10.3. The fourth-order valence-electron chi connectivity index (χ4n) is 1.84. The normalized spacial score (nSPS) is 11.5. The summed E-state index contributed by atoms with van der Waals surface area (Å²) >= 11 is 1.34. The van der Waals surface area contributed by atoms with Crippen molar-refractivity contribution in [3.8, 4) is 0 Å². The molecule has 0 aromatic carbocycles. The van der Waals surface area contributed by atoms with E-state index < -0.39 is 0 Å². The van der Waals surface area contributed by atoms with Crippen molar-refractivity contribution in [2.24, 2.45) is 0 Å². The highest BCUT2D eigenvalue weighted by Crippen LogP contribution is 2.06. The van der Waals surface area contributed by atoms with Gasteiger partial charge in [-0.15, -0.1) is 0 Å². The van der Waals surface area contributed by atoms with Gasteiger partial charge < -0.3 is 5.11 Å². The zero-order valence-corrected chi connectivity index (χ0v) is 11.1. The first-order chi connectivity index (χ1) is 8.74. The van der Waals surface area contributed by atoms with Crippen molar-refractivity contribution in [3.63, 3.8) is 0 Å². The van der Waals surface area contributed by atoms with Gasteiger partial charge in [-0.2, -0.15) is 9.61 Å². The molecule has 0 aliphatic rings. The van der Waals surface area contributed by atoms with E-state index in [2.05, 4.69) is 21.9 Å². The molecule has 2 rings (SSSR count). The lowest BCUT2D eigenvalue weighted by Gasteiger charge is -2.19. The highest BCUT2D eigenvalue weighted by molar-refractivity contribution is 7.14. The summed E-state index contributed by atoms with van der Waals surface area (Å²) in [6.07, 6.45) is 1.00. The van der Waals surface area contributed by atoms with Gasteiger partial charge in [-0.1, -0.05) is 18.3 Å². The quantitative estimate of drug-likeness (QED) is 0.819. The third-order valence-corrected chi connectivity index (χ3v) is 3.26. The Bertz CT molecular complexity index is 559. The zero-order chi connectivity index (χ0) is 13.0. The molecule has 2 heterocycles. The van der Waals surface area contributed by atoms with Crippen LogP contribution in [0.25, 0.3) is 4.96 Å². The molecule has 98 valence electrons. The number of hydrogen-bond acceptors (Lipinski definition) is 6. The Morgan fingerprint density at radius 1 is 1.50 bits per heavy atom. The Hall–Kier alpha value is -1.31. The van der Waals surface area contributed by atoms with Gasteiger partial charge in [0.15, 0.2) is 0 Å². The van der Waals surface area contributed by atoms with Crippen molar-refractivity contribution in [2.45, 2.75) is 19.9 Å². The van der Waals surface area contributed by atoms with Crippen LogP contribution >= 0.6 is 11.3 Å². The van der Waals surface area contributed by atoms with E-state index in [1.807, 2.05) is 0 Å². The summed E-state index contributed by atoms with van der Waals surface area (Å²) in [4.78, 5) is 18.8. The lowest BCUT2D eigenvalue weighted by molar-refractivity contribution is 0.189. The number of aliphatic hydroxyl groups excluding tert-OH is 1. The molecule has 1 N–H and O–H groups in total. The third-order valence-electron chi connectivity index (χ3n) is 2.58. The third kappa shape index (κ3) is 2.92. The molecule has 0 fully saturated rings. The molecule has 0 unspecified atom stereocenters. The molecule has 0 saturated heterocycles. The van der Waals surface area contributed by atoms with Gasteiger partial charge in [0.1, 0.15) is 5.51 Å². The van der Waals surface area contributed by atoms with E-state index in [0.717, 1.165) is 18.7 Å². The van der Waals surface area contributed by atoms with E-state index in [-0.39, 0.29) is 12.2 Å². The second-order valence-electron chi connectivity index (χ2n) is 4.02. The summed E-state index contributed by atoms with van der Waals surface area (Å²) in [6.45, 7) is 4.25. The van der Waals surface area contributed by atoms with Crippen LogP contribution in [0.15, 0.2) is 16.4 Å². The summed E-state index contributed by atoms with van der Waals surface area (Å²) in [6, 6.07) is 1.51. The topological polar surface area (TPSA) is 70.7 Å². The van der Waals surface area contributed by atoms with E-state index in [9.17, 15) is 4.79 Å². The summed E-state index contributed by atoms with van der Waals surface area (Å²) in [5.74, 6) is 0. The summed E-state index contributed by atoms with van der Waals surface area (Å²) in [5.41, 5.74) is 2.17. The van der Waals surface area contributed by atoms with Crippen molar-refractivity contribution < 1.29 is 5.11 Å². The first-order valence-electron chi connectivity index (χ1n) is 5.90. The summed E-state index contributed by atoms with van der Waals surface area (Å²) in [5, 5.41) is 12.9. The maximum Gasteiger partial charge on any atom is 0.275 e. The Morgan fingerprint density at radius 2 is 2.33 bits per heavy atom. The van der Waals surface area contributed by atoms with E-state index in [0.29, 0.717) is 18.1 Å². The van der Waals surface area contributed by atoms with Crippen molar-refractivity contribution in [3.05, 3.63) is 27.6 Å². The van der Waals surface area contributed by atoms with Crippen molar-refractivity contribution in [2.75, 3.05) is 19.7 Å².